The molecule has 1 aromatic heterocycles. The van der Waals surface area contributed by atoms with Gasteiger partial charge in [0.05, 0.1) is 12.1 Å². The highest BCUT2D eigenvalue weighted by molar-refractivity contribution is 14.0. The van der Waals surface area contributed by atoms with Gasteiger partial charge in [-0.3, -0.25) is 4.99 Å². The Labute approximate surface area is 190 Å². The molecule has 0 atom stereocenters. The van der Waals surface area contributed by atoms with Crippen molar-refractivity contribution in [3.8, 4) is 5.75 Å². The van der Waals surface area contributed by atoms with E-state index in [4.69, 9.17) is 4.74 Å². The Morgan fingerprint density at radius 3 is 2.62 bits per heavy atom. The minimum absolute atomic E-state index is 0. The summed E-state index contributed by atoms with van der Waals surface area (Å²) in [6.45, 7) is 5.69. The number of methoxy groups -OCH3 is 1. The van der Waals surface area contributed by atoms with E-state index in [9.17, 15) is 13.2 Å². The summed E-state index contributed by atoms with van der Waals surface area (Å²) in [6.07, 6.45) is -3.27. The number of benzene rings is 1. The van der Waals surface area contributed by atoms with Crippen molar-refractivity contribution in [1.82, 2.24) is 15.6 Å². The van der Waals surface area contributed by atoms with Crippen molar-refractivity contribution < 1.29 is 17.9 Å². The highest BCUT2D eigenvalue weighted by atomic mass is 127. The van der Waals surface area contributed by atoms with Gasteiger partial charge in [0.25, 0.3) is 0 Å². The zero-order valence-corrected chi connectivity index (χ0v) is 19.7. The van der Waals surface area contributed by atoms with Gasteiger partial charge in [-0.05, 0) is 31.9 Å². The summed E-state index contributed by atoms with van der Waals surface area (Å²) in [5.74, 6) is 1.47. The van der Waals surface area contributed by atoms with Crippen molar-refractivity contribution in [2.45, 2.75) is 32.9 Å². The molecule has 2 N–H and O–H groups in total. The number of ether oxygens (including phenoxy) is 1. The van der Waals surface area contributed by atoms with Gasteiger partial charge in [0.15, 0.2) is 11.7 Å². The van der Waals surface area contributed by atoms with Gasteiger partial charge in [-0.2, -0.15) is 13.2 Å². The van der Waals surface area contributed by atoms with E-state index in [2.05, 4.69) is 26.7 Å². The topological polar surface area (TPSA) is 58.5 Å². The second kappa shape index (κ2) is 12.2. The van der Waals surface area contributed by atoms with E-state index in [1.165, 1.54) is 0 Å². The van der Waals surface area contributed by atoms with Gasteiger partial charge >= 0.3 is 6.18 Å². The predicted molar refractivity (Wildman–Crippen MR) is 122 cm³/mol. The highest BCUT2D eigenvalue weighted by Gasteiger charge is 2.33. The van der Waals surface area contributed by atoms with Crippen LogP contribution < -0.4 is 15.4 Å². The average molecular weight is 542 g/mol. The SMILES string of the molecule is CCNC(=NCCc1nc(C(F)(F)F)cs1)NCCc1cc(C)ccc1OC.I. The Balaban J connectivity index is 0.00000420. The van der Waals surface area contributed by atoms with Crippen molar-refractivity contribution in [3.63, 3.8) is 0 Å². The maximum absolute atomic E-state index is 12.6. The van der Waals surface area contributed by atoms with E-state index in [0.29, 0.717) is 37.0 Å². The molecule has 2 rings (SSSR count). The van der Waals surface area contributed by atoms with Gasteiger partial charge in [0, 0.05) is 31.4 Å². The molecule has 0 aliphatic carbocycles. The maximum atomic E-state index is 12.6. The van der Waals surface area contributed by atoms with Crippen LogP contribution >= 0.6 is 35.3 Å². The third-order valence-corrected chi connectivity index (χ3v) is 4.81. The summed E-state index contributed by atoms with van der Waals surface area (Å²) >= 11 is 1.01. The van der Waals surface area contributed by atoms with Crippen molar-refractivity contribution in [2.24, 2.45) is 4.99 Å². The molecule has 5 nitrogen and oxygen atoms in total. The fourth-order valence-corrected chi connectivity index (χ4v) is 3.37. The highest BCUT2D eigenvalue weighted by Crippen LogP contribution is 2.30. The number of nitrogens with one attached hydrogen (secondary N) is 2. The van der Waals surface area contributed by atoms with E-state index < -0.39 is 11.9 Å². The lowest BCUT2D eigenvalue weighted by molar-refractivity contribution is -0.140. The molecule has 0 bridgehead atoms. The smallest absolute Gasteiger partial charge is 0.434 e. The number of rotatable bonds is 8. The summed E-state index contributed by atoms with van der Waals surface area (Å²) in [5.41, 5.74) is 1.43. The molecule has 0 saturated heterocycles. The molecule has 2 aromatic rings. The Morgan fingerprint density at radius 2 is 2.00 bits per heavy atom. The van der Waals surface area contributed by atoms with Crippen molar-refractivity contribution in [1.29, 1.82) is 0 Å². The number of hydrogen-bond donors (Lipinski definition) is 2. The van der Waals surface area contributed by atoms with E-state index in [1.54, 1.807) is 7.11 Å². The van der Waals surface area contributed by atoms with Crippen LogP contribution in [-0.2, 0) is 19.0 Å². The number of aromatic nitrogens is 1. The predicted octanol–water partition coefficient (Wildman–Crippen LogP) is 4.44. The van der Waals surface area contributed by atoms with Gasteiger partial charge < -0.3 is 15.4 Å². The number of guanidine groups is 1. The minimum Gasteiger partial charge on any atom is -0.496 e. The summed E-state index contributed by atoms with van der Waals surface area (Å²) < 4.78 is 43.2. The molecule has 0 aliphatic rings. The van der Waals surface area contributed by atoms with Crippen LogP contribution in [0.4, 0.5) is 13.2 Å². The fraction of sp³-hybridized carbons (Fsp3) is 0.474. The lowest BCUT2D eigenvalue weighted by Gasteiger charge is -2.13. The molecule has 0 unspecified atom stereocenters. The Hall–Kier alpha value is -1.56. The van der Waals surface area contributed by atoms with Crippen LogP contribution in [0, 0.1) is 6.92 Å². The van der Waals surface area contributed by atoms with Crippen molar-refractivity contribution >= 4 is 41.3 Å². The normalized spacial score (nSPS) is 11.7. The third kappa shape index (κ3) is 8.37. The number of alkyl halides is 3. The second-order valence-corrected chi connectivity index (χ2v) is 7.07. The largest absolute Gasteiger partial charge is 0.496 e. The number of nitrogens with zero attached hydrogens (tertiary/aromatic N) is 2. The van der Waals surface area contributed by atoms with Crippen LogP contribution in [0.25, 0.3) is 0 Å². The summed E-state index contributed by atoms with van der Waals surface area (Å²) in [7, 11) is 1.65. The molecule has 10 heteroatoms. The van der Waals surface area contributed by atoms with Crippen molar-refractivity contribution in [2.75, 3.05) is 26.7 Å². The van der Waals surface area contributed by atoms with Crippen LogP contribution in [0.1, 0.15) is 28.8 Å². The number of aryl methyl sites for hydroxylation is 1. The quantitative estimate of drug-likeness (QED) is 0.295. The molecule has 29 heavy (non-hydrogen) atoms. The number of halogens is 4. The molecule has 1 aromatic carbocycles. The minimum atomic E-state index is -4.40. The van der Waals surface area contributed by atoms with Crippen LogP contribution in [0.3, 0.4) is 0 Å². The molecule has 0 amide bonds. The maximum Gasteiger partial charge on any atom is 0.434 e. The molecule has 0 radical (unpaired) electrons. The van der Waals surface area contributed by atoms with Crippen molar-refractivity contribution in [3.05, 3.63) is 45.4 Å². The van der Waals surface area contributed by atoms with Gasteiger partial charge in [-0.25, -0.2) is 4.98 Å². The molecular weight excluding hydrogens is 516 g/mol. The van der Waals surface area contributed by atoms with Crippen LogP contribution in [0.2, 0.25) is 0 Å². The molecule has 0 saturated carbocycles. The summed E-state index contributed by atoms with van der Waals surface area (Å²) in [5, 5.41) is 7.84. The average Bonchev–Trinajstić information content (AvgIpc) is 3.11. The summed E-state index contributed by atoms with van der Waals surface area (Å²) in [6, 6.07) is 6.04. The standard InChI is InChI=1S/C19H25F3N4OS.HI/c1-4-23-18(24-9-7-14-11-13(2)5-6-15(14)27-3)25-10-8-17-26-16(12-28-17)19(20,21)22;/h5-6,11-12H,4,7-10H2,1-3H3,(H2,23,24,25);1H. The molecule has 0 spiro atoms. The van der Waals surface area contributed by atoms with E-state index in [-0.39, 0.29) is 24.0 Å². The lowest BCUT2D eigenvalue weighted by atomic mass is 10.1. The third-order valence-electron chi connectivity index (χ3n) is 3.90. The molecular formula is C19H26F3IN4OS. The molecule has 0 fully saturated rings. The number of aliphatic imine (C=N–C) groups is 1. The first-order valence-electron chi connectivity index (χ1n) is 9.00. The molecule has 1 heterocycles. The monoisotopic (exact) mass is 542 g/mol. The lowest BCUT2D eigenvalue weighted by Crippen LogP contribution is -2.38. The number of hydrogen-bond acceptors (Lipinski definition) is 4. The van der Waals surface area contributed by atoms with Gasteiger partial charge in [-0.1, -0.05) is 17.7 Å². The first-order chi connectivity index (χ1) is 13.3. The Morgan fingerprint density at radius 1 is 1.24 bits per heavy atom. The number of thiazole rings is 1. The van der Waals surface area contributed by atoms with Crippen LogP contribution in [-0.4, -0.2) is 37.7 Å². The first-order valence-corrected chi connectivity index (χ1v) is 9.88. The summed E-state index contributed by atoms with van der Waals surface area (Å²) in [4.78, 5) is 8.04. The zero-order chi connectivity index (χ0) is 20.6. The molecule has 0 aliphatic heterocycles. The van der Waals surface area contributed by atoms with E-state index in [1.807, 2.05) is 26.0 Å². The van der Waals surface area contributed by atoms with Crippen LogP contribution in [0.15, 0.2) is 28.6 Å². The van der Waals surface area contributed by atoms with Crippen LogP contribution in [0.5, 0.6) is 5.75 Å². The van der Waals surface area contributed by atoms with Gasteiger partial charge in [0.1, 0.15) is 5.75 Å². The fourth-order valence-electron chi connectivity index (χ4n) is 2.58. The van der Waals surface area contributed by atoms with E-state index in [0.717, 1.165) is 40.0 Å². The zero-order valence-electron chi connectivity index (χ0n) is 16.6. The van der Waals surface area contributed by atoms with Gasteiger partial charge in [0.2, 0.25) is 0 Å². The first kappa shape index (κ1) is 25.5. The Kier molecular flexibility index (Phi) is 10.7. The van der Waals surface area contributed by atoms with E-state index >= 15 is 0 Å². The second-order valence-electron chi connectivity index (χ2n) is 6.13. The Bertz CT molecular complexity index is 796. The molecule has 162 valence electrons. The van der Waals surface area contributed by atoms with Gasteiger partial charge in [-0.15, -0.1) is 35.3 Å².